The van der Waals surface area contributed by atoms with Gasteiger partial charge in [-0.1, -0.05) is 52.3 Å². The van der Waals surface area contributed by atoms with Crippen LogP contribution in [0.15, 0.2) is 65.1 Å². The molecule has 1 aliphatic heterocycles. The Morgan fingerprint density at radius 1 is 0.968 bits per heavy atom. The molecule has 1 amide bonds. The SMILES string of the molecule is NC(=O)Cc1cc(Br)cc2c1[nH]c1cc(N3CCN(Cc4ccccc4)CC3)ccc12. The third kappa shape index (κ3) is 4.18. The number of halogens is 1. The summed E-state index contributed by atoms with van der Waals surface area (Å²) in [6.45, 7) is 5.13. The van der Waals surface area contributed by atoms with Crippen molar-refractivity contribution in [3.63, 3.8) is 0 Å². The van der Waals surface area contributed by atoms with Crippen LogP contribution in [0.4, 0.5) is 5.69 Å². The maximum absolute atomic E-state index is 11.5. The zero-order chi connectivity index (χ0) is 21.4. The summed E-state index contributed by atoms with van der Waals surface area (Å²) < 4.78 is 0.954. The van der Waals surface area contributed by atoms with E-state index in [4.69, 9.17) is 5.73 Å². The van der Waals surface area contributed by atoms with Crippen LogP contribution >= 0.6 is 15.9 Å². The number of benzene rings is 3. The van der Waals surface area contributed by atoms with Gasteiger partial charge in [0.15, 0.2) is 0 Å². The minimum atomic E-state index is -0.327. The minimum absolute atomic E-state index is 0.221. The molecule has 5 nitrogen and oxygen atoms in total. The van der Waals surface area contributed by atoms with E-state index in [9.17, 15) is 4.79 Å². The van der Waals surface area contributed by atoms with Gasteiger partial charge >= 0.3 is 0 Å². The Morgan fingerprint density at radius 3 is 2.48 bits per heavy atom. The number of rotatable bonds is 5. The summed E-state index contributed by atoms with van der Waals surface area (Å²) in [5.74, 6) is -0.327. The van der Waals surface area contributed by atoms with Crippen LogP contribution in [0.25, 0.3) is 21.8 Å². The van der Waals surface area contributed by atoms with Crippen molar-refractivity contribution in [3.8, 4) is 0 Å². The highest BCUT2D eigenvalue weighted by atomic mass is 79.9. The fourth-order valence-corrected chi connectivity index (χ4v) is 5.06. The van der Waals surface area contributed by atoms with Crippen molar-refractivity contribution in [1.82, 2.24) is 9.88 Å². The van der Waals surface area contributed by atoms with Crippen LogP contribution in [0.5, 0.6) is 0 Å². The Morgan fingerprint density at radius 2 is 1.74 bits per heavy atom. The third-order valence-corrected chi connectivity index (χ3v) is 6.55. The number of nitrogens with zero attached hydrogens (tertiary/aromatic N) is 2. The first-order valence-corrected chi connectivity index (χ1v) is 11.4. The number of aromatic amines is 1. The van der Waals surface area contributed by atoms with E-state index in [1.807, 2.05) is 6.07 Å². The molecule has 2 heterocycles. The van der Waals surface area contributed by atoms with Crippen LogP contribution in [0, 0.1) is 0 Å². The summed E-state index contributed by atoms with van der Waals surface area (Å²) in [6.07, 6.45) is 0.221. The Labute approximate surface area is 189 Å². The van der Waals surface area contributed by atoms with Gasteiger partial charge in [0.25, 0.3) is 0 Å². The van der Waals surface area contributed by atoms with Crippen LogP contribution in [-0.4, -0.2) is 42.0 Å². The molecule has 5 rings (SSSR count). The molecule has 0 bridgehead atoms. The Hall–Kier alpha value is -2.83. The summed E-state index contributed by atoms with van der Waals surface area (Å²) in [6, 6.07) is 21.3. The zero-order valence-corrected chi connectivity index (χ0v) is 18.9. The number of carbonyl (C=O) groups excluding carboxylic acids is 1. The average molecular weight is 477 g/mol. The number of primary amides is 1. The Bertz CT molecular complexity index is 1240. The number of amides is 1. The molecule has 0 aliphatic carbocycles. The first-order valence-electron chi connectivity index (χ1n) is 10.6. The number of hydrogen-bond acceptors (Lipinski definition) is 3. The normalized spacial score (nSPS) is 15.1. The first kappa shape index (κ1) is 20.1. The lowest BCUT2D eigenvalue weighted by Crippen LogP contribution is -2.45. The van der Waals surface area contributed by atoms with Gasteiger partial charge < -0.3 is 15.6 Å². The highest BCUT2D eigenvalue weighted by Gasteiger charge is 2.19. The van der Waals surface area contributed by atoms with Gasteiger partial charge in [-0.25, -0.2) is 0 Å². The molecule has 3 N–H and O–H groups in total. The number of nitrogens with two attached hydrogens (primary N) is 1. The lowest BCUT2D eigenvalue weighted by molar-refractivity contribution is -0.117. The van der Waals surface area contributed by atoms with Crippen LogP contribution in [0.3, 0.4) is 0 Å². The number of fused-ring (bicyclic) bond motifs is 3. The Kier molecular flexibility index (Phi) is 5.42. The number of piperazine rings is 1. The predicted octanol–water partition coefficient (Wildman–Crippen LogP) is 4.43. The molecule has 0 radical (unpaired) electrons. The molecule has 6 heteroatoms. The fourth-order valence-electron chi connectivity index (χ4n) is 4.56. The molecule has 158 valence electrons. The molecule has 31 heavy (non-hydrogen) atoms. The van der Waals surface area contributed by atoms with Crippen molar-refractivity contribution in [2.24, 2.45) is 5.73 Å². The maximum Gasteiger partial charge on any atom is 0.221 e. The van der Waals surface area contributed by atoms with Gasteiger partial charge in [-0.15, -0.1) is 0 Å². The lowest BCUT2D eigenvalue weighted by atomic mass is 10.1. The molecular formula is C25H25BrN4O. The molecule has 0 spiro atoms. The second-order valence-electron chi connectivity index (χ2n) is 8.23. The van der Waals surface area contributed by atoms with Crippen molar-refractivity contribution in [1.29, 1.82) is 0 Å². The summed E-state index contributed by atoms with van der Waals surface area (Å²) in [7, 11) is 0. The monoisotopic (exact) mass is 476 g/mol. The van der Waals surface area contributed by atoms with Crippen molar-refractivity contribution in [2.75, 3.05) is 31.1 Å². The lowest BCUT2D eigenvalue weighted by Gasteiger charge is -2.36. The van der Waals surface area contributed by atoms with Gasteiger partial charge in [-0.05, 0) is 35.4 Å². The number of hydrogen-bond donors (Lipinski definition) is 2. The van der Waals surface area contributed by atoms with Crippen LogP contribution in [0.2, 0.25) is 0 Å². The van der Waals surface area contributed by atoms with Crippen molar-refractivity contribution in [2.45, 2.75) is 13.0 Å². The van der Waals surface area contributed by atoms with E-state index in [-0.39, 0.29) is 12.3 Å². The molecule has 0 atom stereocenters. The largest absolute Gasteiger partial charge is 0.369 e. The van der Waals surface area contributed by atoms with E-state index >= 15 is 0 Å². The predicted molar refractivity (Wildman–Crippen MR) is 130 cm³/mol. The van der Waals surface area contributed by atoms with Gasteiger partial charge in [-0.2, -0.15) is 0 Å². The standard InChI is InChI=1S/C25H25BrN4O/c26-19-12-18(13-24(27)31)25-22(14-19)21-7-6-20(15-23(21)28-25)30-10-8-29(9-11-30)16-17-4-2-1-3-5-17/h1-7,12,14-15,28H,8-11,13,16H2,(H2,27,31). The van der Waals surface area contributed by atoms with Crippen molar-refractivity contribution < 1.29 is 4.79 Å². The van der Waals surface area contributed by atoms with Gasteiger partial charge in [0.1, 0.15) is 0 Å². The third-order valence-electron chi connectivity index (χ3n) is 6.09. The molecule has 1 aliphatic rings. The maximum atomic E-state index is 11.5. The first-order chi connectivity index (χ1) is 15.1. The molecule has 4 aromatic rings. The van der Waals surface area contributed by atoms with Crippen LogP contribution in [-0.2, 0) is 17.8 Å². The minimum Gasteiger partial charge on any atom is -0.369 e. The topological polar surface area (TPSA) is 65.4 Å². The number of nitrogens with one attached hydrogen (secondary N) is 1. The molecular weight excluding hydrogens is 452 g/mol. The van der Waals surface area contributed by atoms with Gasteiger partial charge in [0.05, 0.1) is 11.9 Å². The summed E-state index contributed by atoms with van der Waals surface area (Å²) in [5.41, 5.74) is 11.1. The van der Waals surface area contributed by atoms with E-state index in [0.29, 0.717) is 0 Å². The van der Waals surface area contributed by atoms with Gasteiger partial charge in [-0.3, -0.25) is 9.69 Å². The van der Waals surface area contributed by atoms with E-state index in [1.54, 1.807) is 0 Å². The van der Waals surface area contributed by atoms with E-state index in [0.717, 1.165) is 64.6 Å². The molecule has 0 saturated carbocycles. The van der Waals surface area contributed by atoms with Crippen molar-refractivity contribution in [3.05, 3.63) is 76.3 Å². The van der Waals surface area contributed by atoms with Crippen LogP contribution < -0.4 is 10.6 Å². The second-order valence-corrected chi connectivity index (χ2v) is 9.15. The van der Waals surface area contributed by atoms with Crippen molar-refractivity contribution >= 4 is 49.3 Å². The molecule has 1 fully saturated rings. The number of aromatic nitrogens is 1. The van der Waals surface area contributed by atoms with Crippen LogP contribution in [0.1, 0.15) is 11.1 Å². The summed E-state index contributed by atoms with van der Waals surface area (Å²) in [5, 5.41) is 2.27. The van der Waals surface area contributed by atoms with E-state index in [1.165, 1.54) is 11.3 Å². The smallest absolute Gasteiger partial charge is 0.221 e. The average Bonchev–Trinajstić information content (AvgIpc) is 3.13. The van der Waals surface area contributed by atoms with Gasteiger partial charge in [0, 0.05) is 59.2 Å². The number of anilines is 1. The summed E-state index contributed by atoms with van der Waals surface area (Å²) in [4.78, 5) is 20.0. The van der Waals surface area contributed by atoms with Gasteiger partial charge in [0.2, 0.25) is 5.91 Å². The molecule has 0 unspecified atom stereocenters. The van der Waals surface area contributed by atoms with E-state index in [2.05, 4.69) is 85.3 Å². The zero-order valence-electron chi connectivity index (χ0n) is 17.3. The quantitative estimate of drug-likeness (QED) is 0.447. The molecule has 1 saturated heterocycles. The number of carbonyl (C=O) groups is 1. The highest BCUT2D eigenvalue weighted by molar-refractivity contribution is 9.10. The second kappa shape index (κ2) is 8.36. The summed E-state index contributed by atoms with van der Waals surface area (Å²) >= 11 is 3.57. The fraction of sp³-hybridized carbons (Fsp3) is 0.240. The number of H-pyrrole nitrogens is 1. The Balaban J connectivity index is 1.38. The molecule has 3 aromatic carbocycles. The highest BCUT2D eigenvalue weighted by Crippen LogP contribution is 2.33. The van der Waals surface area contributed by atoms with E-state index < -0.39 is 0 Å². The molecule has 1 aromatic heterocycles.